The summed E-state index contributed by atoms with van der Waals surface area (Å²) < 4.78 is 26.9. The topological polar surface area (TPSA) is 144 Å². The van der Waals surface area contributed by atoms with E-state index in [-0.39, 0.29) is 24.3 Å². The van der Waals surface area contributed by atoms with E-state index in [4.69, 9.17) is 23.7 Å². The van der Waals surface area contributed by atoms with Crippen LogP contribution in [0.2, 0.25) is 0 Å². The van der Waals surface area contributed by atoms with Crippen LogP contribution in [0.15, 0.2) is 12.2 Å². The van der Waals surface area contributed by atoms with Gasteiger partial charge in [0, 0.05) is 33.6 Å². The van der Waals surface area contributed by atoms with Crippen LogP contribution < -0.4 is 5.32 Å². The van der Waals surface area contributed by atoms with E-state index in [1.54, 1.807) is 0 Å². The normalized spacial score (nSPS) is 34.3. The van der Waals surface area contributed by atoms with Gasteiger partial charge in [-0.1, -0.05) is 12.2 Å². The van der Waals surface area contributed by atoms with Gasteiger partial charge in [-0.15, -0.1) is 0 Å². The molecule has 2 bridgehead atoms. The van der Waals surface area contributed by atoms with Crippen molar-refractivity contribution in [1.29, 1.82) is 0 Å². The Bertz CT molecular complexity index is 839. The van der Waals surface area contributed by atoms with Gasteiger partial charge in [-0.3, -0.25) is 24.0 Å². The smallest absolute Gasteiger partial charge is 0.305 e. The lowest BCUT2D eigenvalue weighted by Gasteiger charge is -2.44. The molecule has 3 aliphatic rings. The van der Waals surface area contributed by atoms with Crippen molar-refractivity contribution in [2.45, 2.75) is 71.2 Å². The molecule has 0 spiro atoms. The Kier molecular flexibility index (Phi) is 7.72. The van der Waals surface area contributed by atoms with Crippen LogP contribution in [-0.4, -0.2) is 67.0 Å². The quantitative estimate of drug-likeness (QED) is 0.317. The second-order valence-electron chi connectivity index (χ2n) is 8.52. The van der Waals surface area contributed by atoms with Crippen LogP contribution in [0.5, 0.6) is 0 Å². The van der Waals surface area contributed by atoms with Gasteiger partial charge >= 0.3 is 23.9 Å². The first-order chi connectivity index (χ1) is 15.5. The summed E-state index contributed by atoms with van der Waals surface area (Å²) in [6, 6.07) is -1.16. The number of fused-ring (bicyclic) bond motifs is 2. The standard InChI is InChI=1S/C22H29NO10/c1-10(24)29-9-17-19(30-11(2)25)20(31-12(3)26)18(22(33-17)32-13(4)27)23-21(28)16-8-14-5-6-15(16)7-14/h5-6,14-20,22H,7-9H2,1-4H3,(H,23,28)/t14-,15+,16+,17+,18+,19+,20+,22?/m0/s1. The van der Waals surface area contributed by atoms with Crippen molar-refractivity contribution in [3.8, 4) is 0 Å². The Hall–Kier alpha value is -2.95. The number of hydrogen-bond donors (Lipinski definition) is 1. The monoisotopic (exact) mass is 467 g/mol. The minimum atomic E-state index is -1.38. The molecule has 1 aliphatic heterocycles. The average molecular weight is 467 g/mol. The third-order valence-electron chi connectivity index (χ3n) is 5.91. The molecule has 1 saturated carbocycles. The highest BCUT2D eigenvalue weighted by Crippen LogP contribution is 2.43. The van der Waals surface area contributed by atoms with Gasteiger partial charge < -0.3 is 29.0 Å². The molecular weight excluding hydrogens is 438 g/mol. The summed E-state index contributed by atoms with van der Waals surface area (Å²) >= 11 is 0. The number of hydrogen-bond acceptors (Lipinski definition) is 10. The highest BCUT2D eigenvalue weighted by atomic mass is 16.7. The maximum Gasteiger partial charge on any atom is 0.305 e. The Labute approximate surface area is 191 Å². The van der Waals surface area contributed by atoms with E-state index in [1.165, 1.54) is 6.92 Å². The zero-order chi connectivity index (χ0) is 24.3. The first-order valence-electron chi connectivity index (χ1n) is 10.8. The third-order valence-corrected chi connectivity index (χ3v) is 5.91. The van der Waals surface area contributed by atoms with Crippen LogP contribution in [0.3, 0.4) is 0 Å². The molecule has 1 amide bonds. The number of nitrogens with one attached hydrogen (secondary N) is 1. The van der Waals surface area contributed by atoms with E-state index in [9.17, 15) is 24.0 Å². The van der Waals surface area contributed by atoms with Gasteiger partial charge in [-0.05, 0) is 24.7 Å². The summed E-state index contributed by atoms with van der Waals surface area (Å²) in [6.45, 7) is 4.29. The highest BCUT2D eigenvalue weighted by molar-refractivity contribution is 5.80. The predicted molar refractivity (Wildman–Crippen MR) is 109 cm³/mol. The van der Waals surface area contributed by atoms with Gasteiger partial charge in [-0.25, -0.2) is 0 Å². The Morgan fingerprint density at radius 2 is 1.48 bits per heavy atom. The first-order valence-corrected chi connectivity index (χ1v) is 10.8. The second kappa shape index (κ2) is 10.3. The number of carbonyl (C=O) groups excluding carboxylic acids is 5. The van der Waals surface area contributed by atoms with Crippen molar-refractivity contribution in [2.24, 2.45) is 17.8 Å². The van der Waals surface area contributed by atoms with E-state index in [0.717, 1.165) is 27.2 Å². The molecule has 8 atom stereocenters. The summed E-state index contributed by atoms with van der Waals surface area (Å²) in [5.74, 6) is -2.91. The molecule has 3 rings (SSSR count). The Morgan fingerprint density at radius 1 is 0.848 bits per heavy atom. The molecule has 0 radical (unpaired) electrons. The zero-order valence-electron chi connectivity index (χ0n) is 19.0. The van der Waals surface area contributed by atoms with Gasteiger partial charge in [0.25, 0.3) is 0 Å². The lowest BCUT2D eigenvalue weighted by atomic mass is 9.91. The largest absolute Gasteiger partial charge is 0.463 e. The second-order valence-corrected chi connectivity index (χ2v) is 8.52. The molecule has 11 nitrogen and oxygen atoms in total. The molecule has 182 valence electrons. The Morgan fingerprint density at radius 3 is 2.00 bits per heavy atom. The summed E-state index contributed by atoms with van der Waals surface area (Å²) in [7, 11) is 0. The summed E-state index contributed by atoms with van der Waals surface area (Å²) in [5.41, 5.74) is 0. The van der Waals surface area contributed by atoms with Crippen LogP contribution in [0.25, 0.3) is 0 Å². The Balaban J connectivity index is 1.90. The molecule has 1 unspecified atom stereocenters. The summed E-state index contributed by atoms with van der Waals surface area (Å²) in [4.78, 5) is 60.0. The minimum Gasteiger partial charge on any atom is -0.463 e. The van der Waals surface area contributed by atoms with Gasteiger partial charge in [0.1, 0.15) is 18.8 Å². The van der Waals surface area contributed by atoms with Crippen molar-refractivity contribution in [3.63, 3.8) is 0 Å². The predicted octanol–water partition coefficient (Wildman–Crippen LogP) is 0.398. The van der Waals surface area contributed by atoms with Crippen molar-refractivity contribution >= 4 is 29.8 Å². The lowest BCUT2D eigenvalue weighted by molar-refractivity contribution is -0.271. The van der Waals surface area contributed by atoms with Gasteiger partial charge in [-0.2, -0.15) is 0 Å². The number of ether oxygens (including phenoxy) is 5. The minimum absolute atomic E-state index is 0.0971. The molecule has 33 heavy (non-hydrogen) atoms. The van der Waals surface area contributed by atoms with E-state index < -0.39 is 54.5 Å². The molecule has 1 heterocycles. The summed E-state index contributed by atoms with van der Waals surface area (Å²) in [6.07, 6.45) is 0.686. The fraction of sp³-hybridized carbons (Fsp3) is 0.682. The van der Waals surface area contributed by atoms with Crippen molar-refractivity contribution in [3.05, 3.63) is 12.2 Å². The van der Waals surface area contributed by atoms with Gasteiger partial charge in [0.2, 0.25) is 12.2 Å². The van der Waals surface area contributed by atoms with Crippen LogP contribution in [-0.2, 0) is 47.7 Å². The molecular formula is C22H29NO10. The maximum atomic E-state index is 13.1. The average Bonchev–Trinajstić information content (AvgIpc) is 3.33. The molecule has 11 heteroatoms. The van der Waals surface area contributed by atoms with Crippen molar-refractivity contribution in [1.82, 2.24) is 5.32 Å². The maximum absolute atomic E-state index is 13.1. The third kappa shape index (κ3) is 6.10. The summed E-state index contributed by atoms with van der Waals surface area (Å²) in [5, 5.41) is 2.79. The molecule has 2 fully saturated rings. The highest BCUT2D eigenvalue weighted by Gasteiger charge is 2.53. The van der Waals surface area contributed by atoms with Crippen LogP contribution in [0.1, 0.15) is 40.5 Å². The molecule has 1 saturated heterocycles. The molecule has 2 aliphatic carbocycles. The van der Waals surface area contributed by atoms with Crippen LogP contribution >= 0.6 is 0 Å². The molecule has 0 aromatic carbocycles. The zero-order valence-corrected chi connectivity index (χ0v) is 19.0. The van der Waals surface area contributed by atoms with Crippen LogP contribution in [0.4, 0.5) is 0 Å². The van der Waals surface area contributed by atoms with E-state index in [1.807, 2.05) is 6.08 Å². The number of rotatable bonds is 7. The number of carbonyl (C=O) groups is 5. The first kappa shape index (κ1) is 24.7. The fourth-order valence-electron chi connectivity index (χ4n) is 4.67. The van der Waals surface area contributed by atoms with Crippen LogP contribution in [0, 0.1) is 17.8 Å². The van der Waals surface area contributed by atoms with E-state index >= 15 is 0 Å². The van der Waals surface area contributed by atoms with E-state index in [0.29, 0.717) is 12.3 Å². The number of esters is 4. The number of amides is 1. The molecule has 0 aromatic heterocycles. The fourth-order valence-corrected chi connectivity index (χ4v) is 4.67. The SMILES string of the molecule is CC(=O)OC[C@H]1OC(OC(C)=O)[C@H](NC(=O)[C@@H]2C[C@H]3C=C[C@@H]2C3)[C@@H](OC(C)=O)[C@@H]1OC(C)=O. The van der Waals surface area contributed by atoms with E-state index in [2.05, 4.69) is 11.4 Å². The molecule has 0 aromatic rings. The van der Waals surface area contributed by atoms with Crippen molar-refractivity contribution < 1.29 is 47.7 Å². The van der Waals surface area contributed by atoms with Gasteiger partial charge in [0.05, 0.1) is 0 Å². The number of allylic oxidation sites excluding steroid dienone is 2. The van der Waals surface area contributed by atoms with Crippen molar-refractivity contribution in [2.75, 3.05) is 6.61 Å². The lowest BCUT2D eigenvalue weighted by Crippen LogP contribution is -2.67. The molecule has 1 N–H and O–H groups in total. The van der Waals surface area contributed by atoms with Gasteiger partial charge in [0.15, 0.2) is 12.2 Å².